The monoisotopic (exact) mass is 289 g/mol. The predicted octanol–water partition coefficient (Wildman–Crippen LogP) is 0.146. The van der Waals surface area contributed by atoms with Crippen molar-refractivity contribution >= 4 is 21.6 Å². The van der Waals surface area contributed by atoms with Gasteiger partial charge >= 0.3 is 0 Å². The molecule has 6 nitrogen and oxygen atoms in total. The van der Waals surface area contributed by atoms with Crippen molar-refractivity contribution in [3.8, 4) is 0 Å². The van der Waals surface area contributed by atoms with Gasteiger partial charge in [-0.05, 0) is 25.2 Å². The Kier molecular flexibility index (Phi) is 5.25. The van der Waals surface area contributed by atoms with Crippen molar-refractivity contribution in [2.24, 2.45) is 0 Å². The summed E-state index contributed by atoms with van der Waals surface area (Å²) in [5.74, 6) is -1.15. The highest BCUT2D eigenvalue weighted by molar-refractivity contribution is 7.92. The van der Waals surface area contributed by atoms with Gasteiger partial charge in [0, 0.05) is 13.1 Å². The van der Waals surface area contributed by atoms with E-state index in [1.54, 1.807) is 7.05 Å². The van der Waals surface area contributed by atoms with Crippen molar-refractivity contribution in [3.63, 3.8) is 0 Å². The molecule has 0 aliphatic heterocycles. The van der Waals surface area contributed by atoms with Crippen molar-refractivity contribution in [2.75, 3.05) is 31.1 Å². The first-order valence-electron chi connectivity index (χ1n) is 5.53. The fraction of sp³-hybridized carbons (Fsp3) is 0.364. The summed E-state index contributed by atoms with van der Waals surface area (Å²) in [4.78, 5) is 11.8. The Balaban J connectivity index is 2.97. The second-order valence-corrected chi connectivity index (χ2v) is 5.67. The van der Waals surface area contributed by atoms with Gasteiger partial charge in [-0.15, -0.1) is 0 Å². The average Bonchev–Trinajstić information content (AvgIpc) is 2.30. The topological polar surface area (TPSA) is 87.3 Å². The average molecular weight is 289 g/mol. The van der Waals surface area contributed by atoms with E-state index in [1.165, 1.54) is 6.07 Å². The Bertz CT molecular complexity index is 560. The van der Waals surface area contributed by atoms with Crippen LogP contribution in [0.4, 0.5) is 10.1 Å². The summed E-state index contributed by atoms with van der Waals surface area (Å²) in [5, 5.41) is 5.39. The van der Waals surface area contributed by atoms with Gasteiger partial charge in [0.15, 0.2) is 0 Å². The van der Waals surface area contributed by atoms with Gasteiger partial charge in [0.2, 0.25) is 10.0 Å². The molecular weight excluding hydrogens is 273 g/mol. The lowest BCUT2D eigenvalue weighted by molar-refractivity contribution is 0.0954. The molecule has 1 rings (SSSR count). The summed E-state index contributed by atoms with van der Waals surface area (Å²) in [6, 6.07) is 3.28. The van der Waals surface area contributed by atoms with Crippen LogP contribution in [0.15, 0.2) is 18.2 Å². The number of carbonyl (C=O) groups excluding carboxylic acids is 1. The molecule has 0 radical (unpaired) electrons. The zero-order valence-corrected chi connectivity index (χ0v) is 11.5. The molecule has 19 heavy (non-hydrogen) atoms. The first-order chi connectivity index (χ1) is 8.83. The zero-order chi connectivity index (χ0) is 14.5. The molecular formula is C11H16FN3O3S. The Morgan fingerprint density at radius 2 is 2.00 bits per heavy atom. The number of hydrogen-bond acceptors (Lipinski definition) is 4. The first kappa shape index (κ1) is 15.4. The number of amides is 1. The minimum atomic E-state index is -3.54. The number of carbonyl (C=O) groups is 1. The summed E-state index contributed by atoms with van der Waals surface area (Å²) in [6.45, 7) is 0.903. The summed E-state index contributed by atoms with van der Waals surface area (Å²) in [6.07, 6.45) is 0.957. The lowest BCUT2D eigenvalue weighted by Crippen LogP contribution is -2.31. The fourth-order valence-electron chi connectivity index (χ4n) is 1.39. The number of likely N-dealkylation sites (N-methyl/N-ethyl adjacent to an activating group) is 1. The maximum Gasteiger partial charge on any atom is 0.253 e. The Morgan fingerprint density at radius 3 is 2.58 bits per heavy atom. The SMILES string of the molecule is CNCCNC(=O)c1cc(F)ccc1NS(C)(=O)=O. The number of hydrogen-bond donors (Lipinski definition) is 3. The van der Waals surface area contributed by atoms with E-state index in [-0.39, 0.29) is 11.3 Å². The number of anilines is 1. The van der Waals surface area contributed by atoms with E-state index in [0.717, 1.165) is 18.4 Å². The van der Waals surface area contributed by atoms with E-state index in [1.807, 2.05) is 0 Å². The van der Waals surface area contributed by atoms with Crippen LogP contribution in [0.5, 0.6) is 0 Å². The Morgan fingerprint density at radius 1 is 1.32 bits per heavy atom. The van der Waals surface area contributed by atoms with E-state index in [2.05, 4.69) is 15.4 Å². The molecule has 0 aliphatic carbocycles. The highest BCUT2D eigenvalue weighted by atomic mass is 32.2. The molecule has 0 unspecified atom stereocenters. The van der Waals surface area contributed by atoms with Gasteiger partial charge < -0.3 is 10.6 Å². The molecule has 3 N–H and O–H groups in total. The number of rotatable bonds is 6. The van der Waals surface area contributed by atoms with Gasteiger partial charge in [-0.25, -0.2) is 12.8 Å². The van der Waals surface area contributed by atoms with Gasteiger partial charge in [-0.2, -0.15) is 0 Å². The molecule has 0 fully saturated rings. The predicted molar refractivity (Wildman–Crippen MR) is 71.1 cm³/mol. The lowest BCUT2D eigenvalue weighted by Gasteiger charge is -2.11. The normalized spacial score (nSPS) is 11.1. The van der Waals surface area contributed by atoms with E-state index < -0.39 is 21.7 Å². The molecule has 0 heterocycles. The molecule has 0 saturated heterocycles. The number of sulfonamides is 1. The Labute approximate surface area is 111 Å². The maximum atomic E-state index is 13.2. The molecule has 1 aromatic rings. The number of halogens is 1. The quantitative estimate of drug-likeness (QED) is 0.650. The summed E-state index contributed by atoms with van der Waals surface area (Å²) in [5.41, 5.74) is -0.00705. The molecule has 0 aliphatic rings. The van der Waals surface area contributed by atoms with E-state index in [4.69, 9.17) is 0 Å². The molecule has 0 bridgehead atoms. The van der Waals surface area contributed by atoms with Gasteiger partial charge in [-0.1, -0.05) is 0 Å². The van der Waals surface area contributed by atoms with Crippen LogP contribution in [0.3, 0.4) is 0 Å². The number of benzene rings is 1. The molecule has 0 aromatic heterocycles. The molecule has 1 amide bonds. The van der Waals surface area contributed by atoms with E-state index in [0.29, 0.717) is 13.1 Å². The van der Waals surface area contributed by atoms with E-state index >= 15 is 0 Å². The lowest BCUT2D eigenvalue weighted by atomic mass is 10.1. The van der Waals surface area contributed by atoms with Crippen LogP contribution in [0, 0.1) is 5.82 Å². The maximum absolute atomic E-state index is 13.2. The third kappa shape index (κ3) is 5.23. The van der Waals surface area contributed by atoms with Crippen LogP contribution in [-0.4, -0.2) is 40.7 Å². The first-order valence-corrected chi connectivity index (χ1v) is 7.43. The van der Waals surface area contributed by atoms with Crippen molar-refractivity contribution in [3.05, 3.63) is 29.6 Å². The van der Waals surface area contributed by atoms with Crippen molar-refractivity contribution in [1.82, 2.24) is 10.6 Å². The zero-order valence-electron chi connectivity index (χ0n) is 10.7. The van der Waals surface area contributed by atoms with Gasteiger partial charge in [0.1, 0.15) is 5.82 Å². The molecule has 106 valence electrons. The minimum absolute atomic E-state index is 0.0471. The fourth-order valence-corrected chi connectivity index (χ4v) is 1.97. The van der Waals surface area contributed by atoms with Gasteiger partial charge in [0.25, 0.3) is 5.91 Å². The van der Waals surface area contributed by atoms with E-state index in [9.17, 15) is 17.6 Å². The highest BCUT2D eigenvalue weighted by Crippen LogP contribution is 2.18. The third-order valence-corrected chi connectivity index (χ3v) is 2.77. The molecule has 0 saturated carbocycles. The standard InChI is InChI=1S/C11H16FN3O3S/c1-13-5-6-14-11(16)9-7-8(12)3-4-10(9)15-19(2,17)18/h3-4,7,13,15H,5-6H2,1-2H3,(H,14,16). The van der Waals surface area contributed by atoms with Crippen molar-refractivity contribution in [2.45, 2.75) is 0 Å². The second kappa shape index (κ2) is 6.48. The van der Waals surface area contributed by atoms with Gasteiger partial charge in [0.05, 0.1) is 17.5 Å². The van der Waals surface area contributed by atoms with Crippen molar-refractivity contribution in [1.29, 1.82) is 0 Å². The van der Waals surface area contributed by atoms with Crippen LogP contribution in [0.1, 0.15) is 10.4 Å². The highest BCUT2D eigenvalue weighted by Gasteiger charge is 2.14. The summed E-state index contributed by atoms with van der Waals surface area (Å²) >= 11 is 0. The largest absolute Gasteiger partial charge is 0.351 e. The smallest absolute Gasteiger partial charge is 0.253 e. The molecule has 0 atom stereocenters. The number of nitrogens with one attached hydrogen (secondary N) is 3. The van der Waals surface area contributed by atoms with Crippen LogP contribution >= 0.6 is 0 Å². The van der Waals surface area contributed by atoms with Crippen LogP contribution in [0.25, 0.3) is 0 Å². The molecule has 1 aromatic carbocycles. The van der Waals surface area contributed by atoms with Gasteiger partial charge in [-0.3, -0.25) is 9.52 Å². The Hall–Kier alpha value is -1.67. The van der Waals surface area contributed by atoms with Crippen LogP contribution in [-0.2, 0) is 10.0 Å². The van der Waals surface area contributed by atoms with Crippen LogP contribution in [0.2, 0.25) is 0 Å². The summed E-state index contributed by atoms with van der Waals surface area (Å²) < 4.78 is 37.7. The molecule has 8 heteroatoms. The third-order valence-electron chi connectivity index (χ3n) is 2.18. The van der Waals surface area contributed by atoms with Crippen molar-refractivity contribution < 1.29 is 17.6 Å². The summed E-state index contributed by atoms with van der Waals surface area (Å²) in [7, 11) is -1.81. The second-order valence-electron chi connectivity index (χ2n) is 3.92. The minimum Gasteiger partial charge on any atom is -0.351 e. The van der Waals surface area contributed by atoms with Crippen LogP contribution < -0.4 is 15.4 Å². The molecule has 0 spiro atoms.